The smallest absolute Gasteiger partial charge is 0.352 e. The summed E-state index contributed by atoms with van der Waals surface area (Å²) >= 11 is 6.42. The zero-order chi connectivity index (χ0) is 25.3. The number of hydrogen-bond acceptors (Lipinski definition) is 5. The van der Waals surface area contributed by atoms with E-state index >= 15 is 0 Å². The molecule has 6 nitrogen and oxygen atoms in total. The SMILES string of the molecule is O=C(C1CCCC1)N1CCN(c2cnc(-c3ccc(C(F)(F)F)cc3)c(-c3ccncc3Cl)n2)CC1. The van der Waals surface area contributed by atoms with Gasteiger partial charge in [-0.25, -0.2) is 4.98 Å². The minimum absolute atomic E-state index is 0.153. The summed E-state index contributed by atoms with van der Waals surface area (Å²) in [7, 11) is 0. The van der Waals surface area contributed by atoms with Crippen molar-refractivity contribution >= 4 is 23.3 Å². The van der Waals surface area contributed by atoms with Gasteiger partial charge in [0.15, 0.2) is 0 Å². The Kier molecular flexibility index (Phi) is 6.83. The molecule has 1 aliphatic carbocycles. The van der Waals surface area contributed by atoms with Crippen LogP contribution in [0.5, 0.6) is 0 Å². The molecule has 0 N–H and O–H groups in total. The minimum atomic E-state index is -4.42. The first-order chi connectivity index (χ1) is 17.3. The maximum absolute atomic E-state index is 13.1. The Bertz CT molecular complexity index is 1240. The van der Waals surface area contributed by atoms with Crippen LogP contribution < -0.4 is 4.90 Å². The summed E-state index contributed by atoms with van der Waals surface area (Å²) < 4.78 is 39.2. The Morgan fingerprint density at radius 3 is 2.28 bits per heavy atom. The van der Waals surface area contributed by atoms with E-state index in [1.807, 2.05) is 4.90 Å². The molecule has 188 valence electrons. The summed E-state index contributed by atoms with van der Waals surface area (Å²) in [4.78, 5) is 30.3. The number of aromatic nitrogens is 3. The van der Waals surface area contributed by atoms with Crippen LogP contribution in [0.4, 0.5) is 19.0 Å². The summed E-state index contributed by atoms with van der Waals surface area (Å²) in [5, 5.41) is 0.365. The van der Waals surface area contributed by atoms with Gasteiger partial charge in [-0.3, -0.25) is 14.8 Å². The summed E-state index contributed by atoms with van der Waals surface area (Å²) in [6.45, 7) is 2.47. The number of pyridine rings is 1. The largest absolute Gasteiger partial charge is 0.416 e. The third-order valence-corrected chi connectivity index (χ3v) is 7.19. The van der Waals surface area contributed by atoms with E-state index in [4.69, 9.17) is 16.6 Å². The second-order valence-electron chi connectivity index (χ2n) is 9.15. The fraction of sp³-hybridized carbons (Fsp3) is 0.385. The maximum Gasteiger partial charge on any atom is 0.416 e. The molecule has 2 aromatic heterocycles. The lowest BCUT2D eigenvalue weighted by Crippen LogP contribution is -2.50. The second-order valence-corrected chi connectivity index (χ2v) is 9.56. The third-order valence-electron chi connectivity index (χ3n) is 6.89. The molecule has 1 amide bonds. The van der Waals surface area contributed by atoms with Gasteiger partial charge in [-0.2, -0.15) is 13.2 Å². The van der Waals surface area contributed by atoms with Crippen molar-refractivity contribution in [2.24, 2.45) is 5.92 Å². The molecule has 3 heterocycles. The zero-order valence-electron chi connectivity index (χ0n) is 19.5. The van der Waals surface area contributed by atoms with Gasteiger partial charge in [-0.05, 0) is 31.0 Å². The first-order valence-corrected chi connectivity index (χ1v) is 12.4. The summed E-state index contributed by atoms with van der Waals surface area (Å²) in [5.41, 5.74) is 1.24. The highest BCUT2D eigenvalue weighted by Crippen LogP contribution is 2.36. The zero-order valence-corrected chi connectivity index (χ0v) is 20.3. The average Bonchev–Trinajstić information content (AvgIpc) is 3.43. The highest BCUT2D eigenvalue weighted by atomic mass is 35.5. The van der Waals surface area contributed by atoms with Crippen molar-refractivity contribution in [1.29, 1.82) is 0 Å². The molecule has 3 aromatic rings. The van der Waals surface area contributed by atoms with Crippen molar-refractivity contribution in [3.05, 3.63) is 59.5 Å². The van der Waals surface area contributed by atoms with Crippen molar-refractivity contribution in [3.8, 4) is 22.5 Å². The van der Waals surface area contributed by atoms with E-state index in [2.05, 4.69) is 14.9 Å². The number of benzene rings is 1. The molecule has 1 saturated heterocycles. The number of piperazine rings is 1. The molecule has 36 heavy (non-hydrogen) atoms. The van der Waals surface area contributed by atoms with Gasteiger partial charge in [-0.15, -0.1) is 0 Å². The first kappa shape index (κ1) is 24.5. The molecule has 0 spiro atoms. The summed E-state index contributed by atoms with van der Waals surface area (Å²) in [5.74, 6) is 1.03. The van der Waals surface area contributed by atoms with E-state index in [0.717, 1.165) is 37.8 Å². The highest BCUT2D eigenvalue weighted by Gasteiger charge is 2.31. The van der Waals surface area contributed by atoms with E-state index in [1.165, 1.54) is 18.3 Å². The van der Waals surface area contributed by atoms with Crippen LogP contribution in [0, 0.1) is 5.92 Å². The van der Waals surface area contributed by atoms with Crippen molar-refractivity contribution in [2.45, 2.75) is 31.9 Å². The number of alkyl halides is 3. The molecule has 2 fully saturated rings. The Morgan fingerprint density at radius 2 is 1.64 bits per heavy atom. The van der Waals surface area contributed by atoms with Crippen LogP contribution in [0.25, 0.3) is 22.5 Å². The van der Waals surface area contributed by atoms with E-state index in [0.29, 0.717) is 59.5 Å². The molecule has 0 bridgehead atoms. The third kappa shape index (κ3) is 5.02. The number of carbonyl (C=O) groups is 1. The molecule has 0 atom stereocenters. The van der Waals surface area contributed by atoms with Crippen molar-refractivity contribution < 1.29 is 18.0 Å². The maximum atomic E-state index is 13.1. The van der Waals surface area contributed by atoms with Gasteiger partial charge in [0, 0.05) is 55.6 Å². The van der Waals surface area contributed by atoms with Gasteiger partial charge in [0.2, 0.25) is 5.91 Å². The Balaban J connectivity index is 1.43. The Morgan fingerprint density at radius 1 is 0.944 bits per heavy atom. The van der Waals surface area contributed by atoms with Crippen LogP contribution in [0.2, 0.25) is 5.02 Å². The van der Waals surface area contributed by atoms with Crippen LogP contribution in [0.15, 0.2) is 48.9 Å². The molecule has 1 aromatic carbocycles. The number of carbonyl (C=O) groups excluding carboxylic acids is 1. The summed E-state index contributed by atoms with van der Waals surface area (Å²) in [6, 6.07) is 6.55. The number of rotatable bonds is 4. The van der Waals surface area contributed by atoms with Crippen molar-refractivity contribution in [3.63, 3.8) is 0 Å². The predicted molar refractivity (Wildman–Crippen MR) is 131 cm³/mol. The molecule has 5 rings (SSSR count). The van der Waals surface area contributed by atoms with Gasteiger partial charge in [0.1, 0.15) is 11.5 Å². The molecule has 0 radical (unpaired) electrons. The van der Waals surface area contributed by atoms with E-state index in [-0.39, 0.29) is 11.8 Å². The Labute approximate surface area is 212 Å². The van der Waals surface area contributed by atoms with Gasteiger partial charge in [0.25, 0.3) is 0 Å². The monoisotopic (exact) mass is 515 g/mol. The number of halogens is 4. The standard InChI is InChI=1S/C26H25ClF3N5O/c27-21-15-31-10-9-20(21)24-23(17-5-7-19(8-6-17)26(28,29)30)32-16-22(33-24)34-11-13-35(14-12-34)25(36)18-3-1-2-4-18/h5-10,15-16,18H,1-4,11-14H2. The first-order valence-electron chi connectivity index (χ1n) is 12.0. The fourth-order valence-corrected chi connectivity index (χ4v) is 5.11. The summed E-state index contributed by atoms with van der Waals surface area (Å²) in [6.07, 6.45) is 4.48. The van der Waals surface area contributed by atoms with Gasteiger partial charge in [0.05, 0.1) is 22.5 Å². The molecular formula is C26H25ClF3N5O. The van der Waals surface area contributed by atoms with Crippen LogP contribution in [0.1, 0.15) is 31.2 Å². The molecule has 10 heteroatoms. The number of nitrogens with zero attached hydrogens (tertiary/aromatic N) is 5. The van der Waals surface area contributed by atoms with Crippen molar-refractivity contribution in [1.82, 2.24) is 19.9 Å². The molecule has 1 aliphatic heterocycles. The lowest BCUT2D eigenvalue weighted by Gasteiger charge is -2.36. The van der Waals surface area contributed by atoms with Crippen LogP contribution in [0.3, 0.4) is 0 Å². The lowest BCUT2D eigenvalue weighted by molar-refractivity contribution is -0.137. The van der Waals surface area contributed by atoms with Crippen LogP contribution in [-0.4, -0.2) is 51.9 Å². The number of hydrogen-bond donors (Lipinski definition) is 0. The van der Waals surface area contributed by atoms with Crippen LogP contribution >= 0.6 is 11.6 Å². The quantitative estimate of drug-likeness (QED) is 0.445. The second kappa shape index (κ2) is 10.0. The van der Waals surface area contributed by atoms with E-state index in [9.17, 15) is 18.0 Å². The molecule has 2 aliphatic rings. The Hall–Kier alpha value is -3.20. The van der Waals surface area contributed by atoms with Gasteiger partial charge >= 0.3 is 6.18 Å². The number of amides is 1. The fourth-order valence-electron chi connectivity index (χ4n) is 4.90. The highest BCUT2D eigenvalue weighted by molar-refractivity contribution is 6.33. The topological polar surface area (TPSA) is 62.2 Å². The molecular weight excluding hydrogens is 491 g/mol. The van der Waals surface area contributed by atoms with Crippen molar-refractivity contribution in [2.75, 3.05) is 31.1 Å². The lowest BCUT2D eigenvalue weighted by atomic mass is 10.0. The van der Waals surface area contributed by atoms with Crippen LogP contribution in [-0.2, 0) is 11.0 Å². The molecule has 1 saturated carbocycles. The minimum Gasteiger partial charge on any atom is -0.352 e. The number of anilines is 1. The predicted octanol–water partition coefficient (Wildman–Crippen LogP) is 5.72. The average molecular weight is 516 g/mol. The van der Waals surface area contributed by atoms with Gasteiger partial charge in [-0.1, -0.05) is 36.6 Å². The molecule has 0 unspecified atom stereocenters. The van der Waals surface area contributed by atoms with E-state index in [1.54, 1.807) is 18.5 Å². The normalized spacial score (nSPS) is 17.0. The van der Waals surface area contributed by atoms with E-state index < -0.39 is 11.7 Å². The van der Waals surface area contributed by atoms with Gasteiger partial charge < -0.3 is 9.80 Å².